The van der Waals surface area contributed by atoms with Crippen LogP contribution in [0.5, 0.6) is 5.75 Å². The SMILES string of the molecule is CCCCCC/C=C\CCCOc1cccc(C(=O)NC2C(O)[C@H](O)C(CO)O[C@H]2O[C@H]2C(O)C(NC(C)=O)[C@H](O[C@@H]3C(CO)O[C@@H](O[C@H]4C(O)C(NC(C)=O)[C@H](O[C@@H]5C(CO[C@@H]6OC(C)[C@@H](O)[C@@H](O)C6O)OC(O)C(NC(C)=O)C5O)O[C@H]4CO)C(NC(C)=O)C3O)O[C@H]2CO)c1. The second-order valence-electron chi connectivity index (χ2n) is 25.1. The number of carbonyl (C=O) groups is 5. The molecule has 5 amide bonds. The third-order valence-corrected chi connectivity index (χ3v) is 17.6. The van der Waals surface area contributed by atoms with Crippen molar-refractivity contribution < 1.29 is 152 Å². The van der Waals surface area contributed by atoms with Gasteiger partial charge in [-0.2, -0.15) is 0 Å². The standard InChI is InChI=1S/C62H99N5O31/c1-7-8-9-10-11-12-13-14-15-19-87-32-18-16-17-31(20-32)56(85)67-39-45(78)44(77)33(21-68)91-58(39)95-52-34(22-69)92-59(40(47(52)80)64-28(4)73)96-53-35(23-70)93-60(41(48(53)81)65-29(5)74)97-54-36(24-71)94-61(42(49(54)82)66-30(6)75)98-55-37(90-57(86)38(46(55)79)63-27(3)72)25-88-62-51(84)50(83)43(76)26(2)89-62/h12-13,16-18,20,26,33-55,57-62,68-71,76-84,86H,7-11,14-15,19,21-25H2,1-6H3,(H,63,72)(H,64,73)(H,65,74)(H,66,75)(H,67,85)/b13-12-/t26?,33?,34-,35?,36-,37?,38?,39?,40?,41?,42?,43+,44+,45?,46?,47?,48?,49?,50+,51?,52+,53+,54+,55+,57?,58-,59-,60-,61-,62+/m0/s1. The number of ether oxygens (including phenoxy) is 12. The van der Waals surface area contributed by atoms with E-state index >= 15 is 0 Å². The summed E-state index contributed by atoms with van der Waals surface area (Å²) in [4.78, 5) is 65.0. The molecular weight excluding hydrogens is 1310 g/mol. The molecule has 6 heterocycles. The molecule has 16 unspecified atom stereocenters. The van der Waals surface area contributed by atoms with Crippen molar-refractivity contribution in [2.24, 2.45) is 0 Å². The summed E-state index contributed by atoms with van der Waals surface area (Å²) in [5.41, 5.74) is 0.0454. The molecule has 0 aromatic heterocycles. The molecule has 19 N–H and O–H groups in total. The van der Waals surface area contributed by atoms with Crippen molar-refractivity contribution in [1.29, 1.82) is 0 Å². The summed E-state index contributed by atoms with van der Waals surface area (Å²) in [5.74, 6) is -3.72. The van der Waals surface area contributed by atoms with Gasteiger partial charge in [-0.15, -0.1) is 0 Å². The van der Waals surface area contributed by atoms with Gasteiger partial charge in [0, 0.05) is 33.3 Å². The van der Waals surface area contributed by atoms with Crippen LogP contribution in [-0.2, 0) is 71.3 Å². The predicted molar refractivity (Wildman–Crippen MR) is 328 cm³/mol. The summed E-state index contributed by atoms with van der Waals surface area (Å²) >= 11 is 0. The summed E-state index contributed by atoms with van der Waals surface area (Å²) < 4.78 is 71.9. The number of amides is 5. The number of hydrogen-bond donors (Lipinski definition) is 19. The Morgan fingerprint density at radius 3 is 1.34 bits per heavy atom. The average Bonchev–Trinajstić information content (AvgIpc) is 0.771. The third-order valence-electron chi connectivity index (χ3n) is 17.6. The van der Waals surface area contributed by atoms with E-state index in [0.29, 0.717) is 18.8 Å². The Hall–Kier alpha value is -4.89. The molecule has 1 aromatic carbocycles. The lowest BCUT2D eigenvalue weighted by atomic mass is 9.93. The Bertz CT molecular complexity index is 2710. The summed E-state index contributed by atoms with van der Waals surface area (Å²) in [6, 6.07) is -2.52. The fraction of sp³-hybridized carbons (Fsp3) is 0.790. The van der Waals surface area contributed by atoms with Crippen molar-refractivity contribution in [3.63, 3.8) is 0 Å². The quantitative estimate of drug-likeness (QED) is 0.0243. The second-order valence-corrected chi connectivity index (χ2v) is 25.1. The topological polar surface area (TPSA) is 539 Å². The fourth-order valence-electron chi connectivity index (χ4n) is 12.4. The number of nitrogens with one attached hydrogen (secondary N) is 5. The van der Waals surface area contributed by atoms with E-state index in [2.05, 4.69) is 45.7 Å². The number of benzene rings is 1. The van der Waals surface area contributed by atoms with Gasteiger partial charge in [-0.25, -0.2) is 0 Å². The van der Waals surface area contributed by atoms with Crippen molar-refractivity contribution in [3.05, 3.63) is 42.0 Å². The van der Waals surface area contributed by atoms with Gasteiger partial charge in [0.05, 0.1) is 45.7 Å². The first kappa shape index (κ1) is 80.4. The Labute approximate surface area is 564 Å². The number of allylic oxidation sites excluding steroid dienone is 2. The largest absolute Gasteiger partial charge is 0.494 e. The molecule has 558 valence electrons. The Balaban J connectivity index is 1.07. The van der Waals surface area contributed by atoms with E-state index < -0.39 is 246 Å². The predicted octanol–water partition coefficient (Wildman–Crippen LogP) is -7.37. The van der Waals surface area contributed by atoms with Crippen molar-refractivity contribution in [2.75, 3.05) is 39.6 Å². The Morgan fingerprint density at radius 1 is 0.449 bits per heavy atom. The zero-order valence-electron chi connectivity index (χ0n) is 55.2. The first-order chi connectivity index (χ1) is 46.7. The molecule has 36 heteroatoms. The van der Waals surface area contributed by atoms with Crippen LogP contribution >= 0.6 is 0 Å². The lowest BCUT2D eigenvalue weighted by Gasteiger charge is -2.51. The zero-order chi connectivity index (χ0) is 71.8. The molecule has 30 atom stereocenters. The van der Waals surface area contributed by atoms with Crippen LogP contribution in [0.4, 0.5) is 0 Å². The lowest BCUT2D eigenvalue weighted by Crippen LogP contribution is -2.72. The van der Waals surface area contributed by atoms with Gasteiger partial charge in [0.2, 0.25) is 23.6 Å². The molecule has 0 aliphatic carbocycles. The first-order valence-corrected chi connectivity index (χ1v) is 32.8. The zero-order valence-corrected chi connectivity index (χ0v) is 55.2. The Morgan fingerprint density at radius 2 is 0.878 bits per heavy atom. The van der Waals surface area contributed by atoms with Gasteiger partial charge < -0.3 is 155 Å². The van der Waals surface area contributed by atoms with Gasteiger partial charge in [0.25, 0.3) is 5.91 Å². The number of aliphatic hydroxyl groups is 14. The van der Waals surface area contributed by atoms with Gasteiger partial charge >= 0.3 is 0 Å². The molecule has 0 bridgehead atoms. The molecule has 7 rings (SSSR count). The highest BCUT2D eigenvalue weighted by atomic mass is 16.8. The van der Waals surface area contributed by atoms with Crippen molar-refractivity contribution in [2.45, 2.75) is 270 Å². The minimum Gasteiger partial charge on any atom is -0.494 e. The fourth-order valence-corrected chi connectivity index (χ4v) is 12.4. The molecule has 6 fully saturated rings. The molecule has 0 saturated carbocycles. The van der Waals surface area contributed by atoms with E-state index in [1.54, 1.807) is 12.1 Å². The van der Waals surface area contributed by atoms with E-state index in [9.17, 15) is 95.5 Å². The number of carbonyl (C=O) groups excluding carboxylic acids is 5. The van der Waals surface area contributed by atoms with Crippen molar-refractivity contribution >= 4 is 29.5 Å². The number of aliphatic hydroxyl groups excluding tert-OH is 14. The van der Waals surface area contributed by atoms with Crippen LogP contribution in [0.2, 0.25) is 0 Å². The normalized spacial score (nSPS) is 39.9. The molecule has 1 aromatic rings. The smallest absolute Gasteiger partial charge is 0.251 e. The number of unbranched alkanes of at least 4 members (excludes halogenated alkanes) is 5. The lowest BCUT2D eigenvalue weighted by molar-refractivity contribution is -0.368. The molecule has 6 aliphatic rings. The van der Waals surface area contributed by atoms with Crippen molar-refractivity contribution in [1.82, 2.24) is 26.6 Å². The maximum atomic E-state index is 13.9. The van der Waals surface area contributed by atoms with Crippen LogP contribution in [0.1, 0.15) is 96.8 Å². The highest BCUT2D eigenvalue weighted by Crippen LogP contribution is 2.37. The molecule has 36 nitrogen and oxygen atoms in total. The van der Waals surface area contributed by atoms with Crippen LogP contribution in [0, 0.1) is 0 Å². The van der Waals surface area contributed by atoms with Crippen LogP contribution in [0.15, 0.2) is 36.4 Å². The maximum Gasteiger partial charge on any atom is 0.251 e. The molecule has 6 saturated heterocycles. The van der Waals surface area contributed by atoms with Crippen LogP contribution < -0.4 is 31.3 Å². The average molecular weight is 1410 g/mol. The summed E-state index contributed by atoms with van der Waals surface area (Å²) in [6.07, 6.45) is -33.6. The highest BCUT2D eigenvalue weighted by Gasteiger charge is 2.58. The van der Waals surface area contributed by atoms with Gasteiger partial charge in [0.15, 0.2) is 37.7 Å². The van der Waals surface area contributed by atoms with Gasteiger partial charge in [-0.3, -0.25) is 24.0 Å². The molecule has 98 heavy (non-hydrogen) atoms. The number of rotatable bonds is 31. The molecule has 0 radical (unpaired) electrons. The third kappa shape index (κ3) is 20.5. The van der Waals surface area contributed by atoms with Crippen molar-refractivity contribution in [3.8, 4) is 5.75 Å². The second kappa shape index (κ2) is 37.9. The summed E-state index contributed by atoms with van der Waals surface area (Å²) in [5, 5.41) is 168. The highest BCUT2D eigenvalue weighted by molar-refractivity contribution is 5.94. The maximum absolute atomic E-state index is 13.9. The van der Waals surface area contributed by atoms with Gasteiger partial charge in [0.1, 0.15) is 146 Å². The molecule has 0 spiro atoms. The van der Waals surface area contributed by atoms with E-state index in [1.165, 1.54) is 31.9 Å². The summed E-state index contributed by atoms with van der Waals surface area (Å²) in [6.45, 7) is 3.29. The van der Waals surface area contributed by atoms with Crippen LogP contribution in [0.25, 0.3) is 0 Å². The first-order valence-electron chi connectivity index (χ1n) is 32.8. The Kier molecular flexibility index (Phi) is 31.1. The van der Waals surface area contributed by atoms with Crippen LogP contribution in [-0.4, -0.2) is 325 Å². The van der Waals surface area contributed by atoms with Gasteiger partial charge in [-0.1, -0.05) is 44.4 Å². The van der Waals surface area contributed by atoms with E-state index in [-0.39, 0.29) is 5.56 Å². The minimum absolute atomic E-state index is 0.0454. The molecule has 6 aliphatic heterocycles. The van der Waals surface area contributed by atoms with E-state index in [1.807, 2.05) is 0 Å². The molecular formula is C62H99N5O31. The van der Waals surface area contributed by atoms with E-state index in [4.69, 9.17) is 56.8 Å². The summed E-state index contributed by atoms with van der Waals surface area (Å²) in [7, 11) is 0. The van der Waals surface area contributed by atoms with Gasteiger partial charge in [-0.05, 0) is 50.8 Å². The van der Waals surface area contributed by atoms with E-state index in [0.717, 1.165) is 53.4 Å². The van der Waals surface area contributed by atoms with Crippen LogP contribution in [0.3, 0.4) is 0 Å². The minimum atomic E-state index is -2.07. The monoisotopic (exact) mass is 1410 g/mol. The number of hydrogen-bond acceptors (Lipinski definition) is 31.